The summed E-state index contributed by atoms with van der Waals surface area (Å²) in [4.78, 5) is 21.5. The molecule has 0 aliphatic carbocycles. The van der Waals surface area contributed by atoms with Crippen LogP contribution in [0.2, 0.25) is 26.2 Å². The van der Waals surface area contributed by atoms with E-state index >= 15 is 0 Å². The van der Waals surface area contributed by atoms with Crippen molar-refractivity contribution in [3.63, 3.8) is 0 Å². The van der Waals surface area contributed by atoms with Crippen molar-refractivity contribution < 1.29 is 0 Å². The molecule has 0 spiro atoms. The predicted molar refractivity (Wildman–Crippen MR) is 425 cm³/mol. The second kappa shape index (κ2) is 23.2. The summed E-state index contributed by atoms with van der Waals surface area (Å²) >= 11 is 0. The average Bonchev–Trinajstić information content (AvgIpc) is 1.53. The molecule has 20 rings (SSSR count). The van der Waals surface area contributed by atoms with Gasteiger partial charge in [0, 0.05) is 65.9 Å². The summed E-state index contributed by atoms with van der Waals surface area (Å²) in [5.74, 6) is 1.49. The molecule has 8 heteroatoms. The highest BCUT2D eigenvalue weighted by Gasteiger charge is 2.41. The molecule has 6 heterocycles. The molecular formula is C92H66N6Si2. The average molecular weight is 1310 g/mol. The van der Waals surface area contributed by atoms with E-state index < -0.39 is 16.1 Å². The third kappa shape index (κ3) is 9.35. The number of hydrogen-bond donors (Lipinski definition) is 0. The molecule has 100 heavy (non-hydrogen) atoms. The molecule has 0 N–H and O–H groups in total. The van der Waals surface area contributed by atoms with E-state index in [1.54, 1.807) is 0 Å². The van der Waals surface area contributed by atoms with Crippen molar-refractivity contribution >= 4 is 102 Å². The van der Waals surface area contributed by atoms with Crippen LogP contribution in [-0.2, 0) is 0 Å². The number of fused-ring (bicyclic) bond motifs is 16. The molecule has 472 valence electrons. The molecule has 0 bridgehead atoms. The van der Waals surface area contributed by atoms with Crippen molar-refractivity contribution in [3.05, 3.63) is 328 Å². The fourth-order valence-electron chi connectivity index (χ4n) is 16.6. The highest BCUT2D eigenvalue weighted by Crippen LogP contribution is 2.43. The minimum absolute atomic E-state index is 0.743. The Morgan fingerprint density at radius 3 is 1.19 bits per heavy atom. The normalized spacial score (nSPS) is 13.2. The zero-order valence-corrected chi connectivity index (χ0v) is 57.9. The number of rotatable bonds is 8. The van der Waals surface area contributed by atoms with Gasteiger partial charge in [0.1, 0.15) is 16.1 Å². The van der Waals surface area contributed by atoms with Crippen LogP contribution in [0.4, 0.5) is 0 Å². The number of nitrogens with zero attached hydrogens (tertiary/aromatic N) is 6. The third-order valence-corrected chi connectivity index (χ3v) is 28.2. The molecule has 0 amide bonds. The van der Waals surface area contributed by atoms with Gasteiger partial charge in [0.2, 0.25) is 0 Å². The Labute approximate surface area is 582 Å². The van der Waals surface area contributed by atoms with Crippen LogP contribution < -0.4 is 20.7 Å². The fraction of sp³-hybridized carbons (Fsp3) is 0.0435. The maximum absolute atomic E-state index is 5.45. The lowest BCUT2D eigenvalue weighted by molar-refractivity contribution is 1.18. The summed E-state index contributed by atoms with van der Waals surface area (Å²) in [5, 5.41) is 13.2. The lowest BCUT2D eigenvalue weighted by Gasteiger charge is -2.22. The van der Waals surface area contributed by atoms with Gasteiger partial charge in [0.25, 0.3) is 0 Å². The van der Waals surface area contributed by atoms with Crippen LogP contribution in [0.5, 0.6) is 0 Å². The SMILES string of the molecule is C[Si]1(C)c2ccccc2-c2ccc3nc(-c4cccc(-c5ccc6c(c5)c5ccccc5n6-c5ccccc5)c4)nc(-c4ccccc4)c3c21.C[Si]1(C)c2ccccc2-c2ccc3nc(-c4cccc(-c5cccc6c5c5ccccc5n6-c5ccccc5)c4)nc(-c4ccccc4)c3c21. The topological polar surface area (TPSA) is 61.4 Å². The van der Waals surface area contributed by atoms with E-state index in [9.17, 15) is 0 Å². The van der Waals surface area contributed by atoms with Crippen LogP contribution in [0, 0.1) is 0 Å². The highest BCUT2D eigenvalue weighted by atomic mass is 28.3. The van der Waals surface area contributed by atoms with Gasteiger partial charge in [-0.2, -0.15) is 0 Å². The summed E-state index contributed by atoms with van der Waals surface area (Å²) in [6, 6.07) is 118. The first-order valence-corrected chi connectivity index (χ1v) is 40.5. The molecule has 0 fully saturated rings. The van der Waals surface area contributed by atoms with Crippen LogP contribution in [0.15, 0.2) is 328 Å². The van der Waals surface area contributed by atoms with Gasteiger partial charge in [-0.25, -0.2) is 19.9 Å². The fourth-order valence-corrected chi connectivity index (χ4v) is 23.5. The van der Waals surface area contributed by atoms with Crippen LogP contribution in [-0.4, -0.2) is 45.2 Å². The standard InChI is InChI=1S/2C46H33N3Si/c1-50(2)41-26-12-10-21-35(41)36-27-28-38-43(45(36)50)44(30-15-5-3-6-16-30)48-46(47-38)32-18-13-17-31(29-32)34-23-14-25-40-42(34)37-22-9-11-24-39(37)49(40)33-19-7-4-8-20-33;1-50(2)42-23-12-10-21-36(42)37-25-26-39-43(45(37)50)44(30-14-5-3-6-15-30)48-46(47-39)33-17-13-16-31(28-33)32-24-27-41-38(29-32)35-20-9-11-22-40(35)49(41)34-18-7-4-8-19-34/h2*3-29H,1-2H3. The molecule has 18 aromatic rings. The monoisotopic (exact) mass is 1310 g/mol. The Morgan fingerprint density at radius 1 is 0.240 bits per heavy atom. The summed E-state index contributed by atoms with van der Waals surface area (Å²) in [7, 11) is -4.02. The second-order valence-electron chi connectivity index (χ2n) is 27.6. The lowest BCUT2D eigenvalue weighted by atomic mass is 9.97. The lowest BCUT2D eigenvalue weighted by Crippen LogP contribution is -2.49. The molecule has 0 unspecified atom stereocenters. The number of para-hydroxylation sites is 4. The van der Waals surface area contributed by atoms with Crippen LogP contribution >= 0.6 is 0 Å². The Kier molecular flexibility index (Phi) is 13.7. The molecule has 2 aliphatic rings. The summed E-state index contributed by atoms with van der Waals surface area (Å²) in [5.41, 5.74) is 25.4. The first-order chi connectivity index (χ1) is 49.1. The minimum atomic E-state index is -2.01. The largest absolute Gasteiger partial charge is 0.309 e. The Hall–Kier alpha value is -12.2. The molecule has 6 nitrogen and oxygen atoms in total. The van der Waals surface area contributed by atoms with E-state index in [0.29, 0.717) is 0 Å². The van der Waals surface area contributed by atoms with Crippen molar-refractivity contribution in [3.8, 4) is 101 Å². The van der Waals surface area contributed by atoms with Gasteiger partial charge in [-0.1, -0.05) is 275 Å². The summed E-state index contributed by atoms with van der Waals surface area (Å²) in [6.07, 6.45) is 0. The maximum atomic E-state index is 5.45. The molecule has 4 aromatic heterocycles. The van der Waals surface area contributed by atoms with E-state index in [1.807, 2.05) is 0 Å². The van der Waals surface area contributed by atoms with Crippen LogP contribution in [0.1, 0.15) is 0 Å². The number of benzene rings is 14. The molecule has 0 saturated heterocycles. The van der Waals surface area contributed by atoms with E-state index in [0.717, 1.165) is 78.8 Å². The summed E-state index contributed by atoms with van der Waals surface area (Å²) < 4.78 is 4.73. The van der Waals surface area contributed by atoms with Crippen LogP contribution in [0.25, 0.3) is 167 Å². The molecule has 14 aromatic carbocycles. The Bertz CT molecular complexity index is 6330. The smallest absolute Gasteiger partial charge is 0.160 e. The molecule has 0 radical (unpaired) electrons. The van der Waals surface area contributed by atoms with Gasteiger partial charge in [-0.05, 0) is 144 Å². The van der Waals surface area contributed by atoms with Crippen molar-refractivity contribution in [1.29, 1.82) is 0 Å². The predicted octanol–water partition coefficient (Wildman–Crippen LogP) is 21.1. The molecular weight excluding hydrogens is 1250 g/mol. The molecule has 0 saturated carbocycles. The number of aromatic nitrogens is 6. The van der Waals surface area contributed by atoms with Crippen LogP contribution in [0.3, 0.4) is 0 Å². The Balaban J connectivity index is 0.000000139. The highest BCUT2D eigenvalue weighted by molar-refractivity contribution is 7.06. The maximum Gasteiger partial charge on any atom is 0.160 e. The summed E-state index contributed by atoms with van der Waals surface area (Å²) in [6.45, 7) is 9.88. The van der Waals surface area contributed by atoms with E-state index in [-0.39, 0.29) is 0 Å². The minimum Gasteiger partial charge on any atom is -0.309 e. The zero-order chi connectivity index (χ0) is 66.8. The van der Waals surface area contributed by atoms with Crippen molar-refractivity contribution in [2.45, 2.75) is 26.2 Å². The zero-order valence-electron chi connectivity index (χ0n) is 55.9. The molecule has 0 atom stereocenters. The quantitative estimate of drug-likeness (QED) is 0.142. The first-order valence-electron chi connectivity index (χ1n) is 34.5. The second-order valence-corrected chi connectivity index (χ2v) is 36.2. The number of hydrogen-bond acceptors (Lipinski definition) is 4. The van der Waals surface area contributed by atoms with Gasteiger partial charge in [0.15, 0.2) is 11.6 Å². The van der Waals surface area contributed by atoms with Crippen molar-refractivity contribution in [1.82, 2.24) is 29.1 Å². The van der Waals surface area contributed by atoms with Gasteiger partial charge in [-0.15, -0.1) is 0 Å². The van der Waals surface area contributed by atoms with E-state index in [1.165, 1.54) is 109 Å². The first kappa shape index (κ1) is 59.1. The molecule has 2 aliphatic heterocycles. The van der Waals surface area contributed by atoms with Gasteiger partial charge in [0.05, 0.1) is 44.5 Å². The Morgan fingerprint density at radius 2 is 0.630 bits per heavy atom. The van der Waals surface area contributed by atoms with Gasteiger partial charge >= 0.3 is 0 Å². The van der Waals surface area contributed by atoms with E-state index in [4.69, 9.17) is 19.9 Å². The van der Waals surface area contributed by atoms with Crippen molar-refractivity contribution in [2.24, 2.45) is 0 Å². The van der Waals surface area contributed by atoms with E-state index in [2.05, 4.69) is 363 Å². The van der Waals surface area contributed by atoms with Gasteiger partial charge in [-0.3, -0.25) is 0 Å². The third-order valence-electron chi connectivity index (χ3n) is 21.1. The van der Waals surface area contributed by atoms with Crippen molar-refractivity contribution in [2.75, 3.05) is 0 Å². The van der Waals surface area contributed by atoms with Gasteiger partial charge < -0.3 is 9.13 Å².